The summed E-state index contributed by atoms with van der Waals surface area (Å²) in [6, 6.07) is 1.62. The van der Waals surface area contributed by atoms with Gasteiger partial charge in [0.25, 0.3) is 5.91 Å². The van der Waals surface area contributed by atoms with E-state index in [1.165, 1.54) is 6.26 Å². The van der Waals surface area contributed by atoms with Crippen molar-refractivity contribution in [2.45, 2.75) is 30.9 Å². The number of hydrogen-bond donors (Lipinski definition) is 2. The minimum Gasteiger partial charge on any atom is -0.350 e. The molecular weight excluding hydrogens is 266 g/mol. The van der Waals surface area contributed by atoms with Gasteiger partial charge < -0.3 is 5.32 Å². The highest BCUT2D eigenvalue weighted by molar-refractivity contribution is 7.91. The quantitative estimate of drug-likeness (QED) is 0.853. The summed E-state index contributed by atoms with van der Waals surface area (Å²) in [5.74, 6) is 0.173. The third-order valence-electron chi connectivity index (χ3n) is 3.68. The molecule has 1 fully saturated rings. The van der Waals surface area contributed by atoms with Gasteiger partial charge in [-0.05, 0) is 37.7 Å². The molecular formula is C12H19N3O3S. The van der Waals surface area contributed by atoms with Gasteiger partial charge in [-0.1, -0.05) is 0 Å². The van der Waals surface area contributed by atoms with Gasteiger partial charge in [0, 0.05) is 19.0 Å². The second kappa shape index (κ2) is 5.73. The second-order valence-electron chi connectivity index (χ2n) is 5.14. The van der Waals surface area contributed by atoms with Crippen LogP contribution in [0.3, 0.4) is 0 Å². The van der Waals surface area contributed by atoms with Gasteiger partial charge in [-0.3, -0.25) is 9.89 Å². The van der Waals surface area contributed by atoms with Gasteiger partial charge in [-0.2, -0.15) is 5.10 Å². The third-order valence-corrected chi connectivity index (χ3v) is 5.37. The van der Waals surface area contributed by atoms with Crippen LogP contribution in [0.2, 0.25) is 0 Å². The zero-order valence-corrected chi connectivity index (χ0v) is 11.7. The average Bonchev–Trinajstić information content (AvgIpc) is 2.89. The van der Waals surface area contributed by atoms with Crippen LogP contribution in [-0.4, -0.2) is 42.6 Å². The first-order valence-corrected chi connectivity index (χ1v) is 8.39. The van der Waals surface area contributed by atoms with E-state index in [-0.39, 0.29) is 11.2 Å². The van der Waals surface area contributed by atoms with Crippen LogP contribution in [0.25, 0.3) is 0 Å². The van der Waals surface area contributed by atoms with Crippen molar-refractivity contribution in [1.82, 2.24) is 15.5 Å². The van der Waals surface area contributed by atoms with Gasteiger partial charge in [0.15, 0.2) is 0 Å². The van der Waals surface area contributed by atoms with Crippen LogP contribution in [0.1, 0.15) is 36.2 Å². The molecule has 1 heterocycles. The molecule has 0 radical (unpaired) electrons. The number of nitrogens with one attached hydrogen (secondary N) is 2. The Bertz CT molecular complexity index is 516. The molecule has 1 saturated carbocycles. The van der Waals surface area contributed by atoms with E-state index >= 15 is 0 Å². The molecule has 106 valence electrons. The summed E-state index contributed by atoms with van der Waals surface area (Å²) in [6.45, 7) is 0.585. The molecule has 0 spiro atoms. The van der Waals surface area contributed by atoms with Crippen molar-refractivity contribution in [3.63, 3.8) is 0 Å². The average molecular weight is 285 g/mol. The zero-order valence-electron chi connectivity index (χ0n) is 10.9. The molecule has 0 bridgehead atoms. The first kappa shape index (κ1) is 14.0. The predicted molar refractivity (Wildman–Crippen MR) is 71.5 cm³/mol. The number of amides is 1. The maximum absolute atomic E-state index is 11.7. The fourth-order valence-electron chi connectivity index (χ4n) is 2.48. The summed E-state index contributed by atoms with van der Waals surface area (Å²) >= 11 is 0. The van der Waals surface area contributed by atoms with E-state index in [4.69, 9.17) is 0 Å². The third kappa shape index (κ3) is 3.79. The lowest BCUT2D eigenvalue weighted by Gasteiger charge is -2.27. The summed E-state index contributed by atoms with van der Waals surface area (Å²) in [4.78, 5) is 11.7. The molecule has 0 unspecified atom stereocenters. The lowest BCUT2D eigenvalue weighted by atomic mass is 9.89. The van der Waals surface area contributed by atoms with E-state index < -0.39 is 9.84 Å². The number of carbonyl (C=O) groups excluding carboxylic acids is 1. The molecule has 0 atom stereocenters. The van der Waals surface area contributed by atoms with Crippen molar-refractivity contribution >= 4 is 15.7 Å². The van der Waals surface area contributed by atoms with E-state index in [0.29, 0.717) is 31.0 Å². The molecule has 0 saturated heterocycles. The Morgan fingerprint density at radius 2 is 2.11 bits per heavy atom. The molecule has 0 aliphatic heterocycles. The van der Waals surface area contributed by atoms with Crippen molar-refractivity contribution < 1.29 is 13.2 Å². The standard InChI is InChI=1S/C12H19N3O3S/c1-19(17,18)10-4-2-9(3-5-10)8-13-12(16)11-6-7-14-15-11/h6-7,9-10H,2-5,8H2,1H3,(H,13,16)(H,14,15)/t9-,10-. The molecule has 0 aromatic carbocycles. The van der Waals surface area contributed by atoms with E-state index in [0.717, 1.165) is 12.8 Å². The molecule has 1 aromatic rings. The molecule has 1 aromatic heterocycles. The molecule has 2 rings (SSSR count). The summed E-state index contributed by atoms with van der Waals surface area (Å²) in [5, 5.41) is 9.04. The van der Waals surface area contributed by atoms with Crippen LogP contribution in [0.15, 0.2) is 12.3 Å². The normalized spacial score (nSPS) is 24.1. The van der Waals surface area contributed by atoms with Gasteiger partial charge in [0.05, 0.1) is 5.25 Å². The molecule has 7 heteroatoms. The fraction of sp³-hybridized carbons (Fsp3) is 0.667. The molecule has 1 aliphatic rings. The second-order valence-corrected chi connectivity index (χ2v) is 7.47. The minimum atomic E-state index is -2.92. The number of sulfone groups is 1. The van der Waals surface area contributed by atoms with Crippen molar-refractivity contribution in [3.05, 3.63) is 18.0 Å². The Morgan fingerprint density at radius 3 is 2.63 bits per heavy atom. The number of aromatic amines is 1. The highest BCUT2D eigenvalue weighted by atomic mass is 32.2. The largest absolute Gasteiger partial charge is 0.350 e. The van der Waals surface area contributed by atoms with E-state index in [9.17, 15) is 13.2 Å². The fourth-order valence-corrected chi connectivity index (χ4v) is 3.61. The van der Waals surface area contributed by atoms with Gasteiger partial charge in [0.2, 0.25) is 0 Å². The Balaban J connectivity index is 1.76. The zero-order chi connectivity index (χ0) is 13.9. The summed E-state index contributed by atoms with van der Waals surface area (Å²) in [7, 11) is -2.92. The number of rotatable bonds is 4. The molecule has 2 N–H and O–H groups in total. The first-order valence-electron chi connectivity index (χ1n) is 6.43. The van der Waals surface area contributed by atoms with Gasteiger partial charge in [0.1, 0.15) is 15.5 Å². The topological polar surface area (TPSA) is 91.9 Å². The van der Waals surface area contributed by atoms with Gasteiger partial charge in [-0.25, -0.2) is 8.42 Å². The maximum Gasteiger partial charge on any atom is 0.271 e. The van der Waals surface area contributed by atoms with Crippen LogP contribution in [-0.2, 0) is 9.84 Å². The van der Waals surface area contributed by atoms with E-state index in [1.807, 2.05) is 0 Å². The lowest BCUT2D eigenvalue weighted by Crippen LogP contribution is -2.34. The Hall–Kier alpha value is -1.37. The smallest absolute Gasteiger partial charge is 0.271 e. The summed E-state index contributed by atoms with van der Waals surface area (Å²) in [6.07, 6.45) is 5.99. The predicted octanol–water partition coefficient (Wildman–Crippen LogP) is 0.743. The number of hydrogen-bond acceptors (Lipinski definition) is 4. The Morgan fingerprint density at radius 1 is 1.42 bits per heavy atom. The monoisotopic (exact) mass is 285 g/mol. The van der Waals surface area contributed by atoms with E-state index in [1.54, 1.807) is 12.3 Å². The van der Waals surface area contributed by atoms with Crippen LogP contribution >= 0.6 is 0 Å². The first-order chi connectivity index (χ1) is 8.97. The van der Waals surface area contributed by atoms with Crippen LogP contribution in [0.5, 0.6) is 0 Å². The van der Waals surface area contributed by atoms with Crippen LogP contribution in [0, 0.1) is 5.92 Å². The molecule has 19 heavy (non-hydrogen) atoms. The number of aromatic nitrogens is 2. The van der Waals surface area contributed by atoms with Gasteiger partial charge in [-0.15, -0.1) is 0 Å². The number of nitrogens with zero attached hydrogens (tertiary/aromatic N) is 1. The maximum atomic E-state index is 11.7. The number of carbonyl (C=O) groups is 1. The summed E-state index contributed by atoms with van der Waals surface area (Å²) in [5.41, 5.74) is 0.379. The van der Waals surface area contributed by atoms with Crippen molar-refractivity contribution in [2.75, 3.05) is 12.8 Å². The Labute approximate surface area is 112 Å². The summed E-state index contributed by atoms with van der Waals surface area (Å²) < 4.78 is 22.9. The molecule has 1 amide bonds. The lowest BCUT2D eigenvalue weighted by molar-refractivity contribution is 0.0938. The highest BCUT2D eigenvalue weighted by Crippen LogP contribution is 2.27. The van der Waals surface area contributed by atoms with Crippen molar-refractivity contribution in [2.24, 2.45) is 5.92 Å². The van der Waals surface area contributed by atoms with Crippen molar-refractivity contribution in [3.8, 4) is 0 Å². The number of H-pyrrole nitrogens is 1. The SMILES string of the molecule is CS(=O)(=O)[C@H]1CC[C@H](CNC(=O)c2cc[nH]n2)CC1. The van der Waals surface area contributed by atoms with Crippen LogP contribution in [0.4, 0.5) is 0 Å². The Kier molecular flexibility index (Phi) is 4.24. The highest BCUT2D eigenvalue weighted by Gasteiger charge is 2.27. The van der Waals surface area contributed by atoms with Gasteiger partial charge >= 0.3 is 0 Å². The molecule has 1 aliphatic carbocycles. The van der Waals surface area contributed by atoms with Crippen LogP contribution < -0.4 is 5.32 Å². The van der Waals surface area contributed by atoms with Crippen molar-refractivity contribution in [1.29, 1.82) is 0 Å². The molecule has 6 nitrogen and oxygen atoms in total. The minimum absolute atomic E-state index is 0.188. The van der Waals surface area contributed by atoms with E-state index in [2.05, 4.69) is 15.5 Å².